The van der Waals surface area contributed by atoms with Crippen LogP contribution in [0, 0.1) is 0 Å². The molecule has 9 heteroatoms. The Labute approximate surface area is 110 Å². The molecule has 0 amide bonds. The molecular formula is C9H7Cl2F2N5. The lowest BCUT2D eigenvalue weighted by molar-refractivity contribution is 0.121. The quantitative estimate of drug-likeness (QED) is 0.883. The molecule has 2 N–H and O–H groups in total. The Bertz CT molecular complexity index is 549. The molecule has 2 aromatic rings. The normalized spacial score (nSPS) is 11.2. The van der Waals surface area contributed by atoms with E-state index >= 15 is 0 Å². The van der Waals surface area contributed by atoms with Crippen molar-refractivity contribution in [3.05, 3.63) is 22.2 Å². The lowest BCUT2D eigenvalue weighted by Crippen LogP contribution is -2.10. The fraction of sp³-hybridized carbons (Fsp3) is 0.222. The molecule has 1 heterocycles. The number of nitrogens with two attached hydrogens (primary N) is 1. The van der Waals surface area contributed by atoms with Crippen LogP contribution in [0.1, 0.15) is 0 Å². The van der Waals surface area contributed by atoms with Gasteiger partial charge in [-0.2, -0.15) is 0 Å². The summed E-state index contributed by atoms with van der Waals surface area (Å²) in [4.78, 5) is 0. The van der Waals surface area contributed by atoms with E-state index in [0.29, 0.717) is 5.56 Å². The van der Waals surface area contributed by atoms with Crippen LogP contribution in [0.3, 0.4) is 0 Å². The third kappa shape index (κ3) is 2.51. The maximum Gasteiger partial charge on any atom is 0.258 e. The minimum absolute atomic E-state index is 0.153. The summed E-state index contributed by atoms with van der Waals surface area (Å²) in [7, 11) is 0. The Morgan fingerprint density at radius 3 is 2.67 bits per heavy atom. The number of tetrazole rings is 1. The summed E-state index contributed by atoms with van der Waals surface area (Å²) in [5.41, 5.74) is 6.29. The first-order chi connectivity index (χ1) is 8.49. The van der Waals surface area contributed by atoms with Crippen molar-refractivity contribution in [3.8, 4) is 11.4 Å². The van der Waals surface area contributed by atoms with E-state index in [9.17, 15) is 8.78 Å². The van der Waals surface area contributed by atoms with Crippen LogP contribution in [-0.2, 0) is 6.54 Å². The van der Waals surface area contributed by atoms with Gasteiger partial charge in [0.1, 0.15) is 6.54 Å². The van der Waals surface area contributed by atoms with Gasteiger partial charge in [-0.05, 0) is 22.6 Å². The van der Waals surface area contributed by atoms with Gasteiger partial charge in [0.15, 0.2) is 5.82 Å². The zero-order valence-corrected chi connectivity index (χ0v) is 10.3. The third-order valence-corrected chi connectivity index (χ3v) is 2.97. The second kappa shape index (κ2) is 5.03. The molecule has 0 saturated heterocycles. The van der Waals surface area contributed by atoms with Crippen molar-refractivity contribution in [2.45, 2.75) is 13.0 Å². The molecular weight excluding hydrogens is 287 g/mol. The Balaban J connectivity index is 2.46. The molecule has 0 saturated carbocycles. The van der Waals surface area contributed by atoms with E-state index in [0.717, 1.165) is 4.68 Å². The summed E-state index contributed by atoms with van der Waals surface area (Å²) in [6.07, 6.45) is -2.56. The standard InChI is InChI=1S/C9H7Cl2F2N5/c10-5-1-4(2-6(14)8(5)11)9-15-16-17-18(9)3-7(12)13/h1-2,7H,3,14H2. The number of hydrogen-bond acceptors (Lipinski definition) is 4. The van der Waals surface area contributed by atoms with Crippen molar-refractivity contribution in [1.29, 1.82) is 0 Å². The largest absolute Gasteiger partial charge is 0.397 e. The highest BCUT2D eigenvalue weighted by Gasteiger charge is 2.15. The number of aromatic nitrogens is 4. The Morgan fingerprint density at radius 2 is 2.06 bits per heavy atom. The van der Waals surface area contributed by atoms with Crippen molar-refractivity contribution in [2.75, 3.05) is 5.73 Å². The molecule has 0 radical (unpaired) electrons. The molecule has 0 atom stereocenters. The van der Waals surface area contributed by atoms with E-state index in [1.165, 1.54) is 12.1 Å². The second-order valence-corrected chi connectivity index (χ2v) is 4.22. The molecule has 18 heavy (non-hydrogen) atoms. The van der Waals surface area contributed by atoms with Gasteiger partial charge in [-0.3, -0.25) is 0 Å². The number of hydrogen-bond donors (Lipinski definition) is 1. The topological polar surface area (TPSA) is 69.6 Å². The summed E-state index contributed by atoms with van der Waals surface area (Å²) in [6.45, 7) is -0.609. The number of alkyl halides is 2. The van der Waals surface area contributed by atoms with Gasteiger partial charge < -0.3 is 5.73 Å². The molecule has 0 spiro atoms. The minimum atomic E-state index is -2.56. The van der Waals surface area contributed by atoms with E-state index in [1.54, 1.807) is 0 Å². The molecule has 0 unspecified atom stereocenters. The summed E-state index contributed by atoms with van der Waals surface area (Å²) < 4.78 is 25.6. The molecule has 0 aliphatic carbocycles. The zero-order chi connectivity index (χ0) is 13.3. The highest BCUT2D eigenvalue weighted by Crippen LogP contribution is 2.32. The Kier molecular flexibility index (Phi) is 3.63. The molecule has 0 aliphatic heterocycles. The highest BCUT2D eigenvalue weighted by molar-refractivity contribution is 6.43. The van der Waals surface area contributed by atoms with Crippen LogP contribution < -0.4 is 5.73 Å². The van der Waals surface area contributed by atoms with Crippen molar-refractivity contribution >= 4 is 28.9 Å². The van der Waals surface area contributed by atoms with Gasteiger partial charge in [0, 0.05) is 5.56 Å². The number of nitrogens with zero attached hydrogens (tertiary/aromatic N) is 4. The second-order valence-electron chi connectivity index (χ2n) is 3.44. The summed E-state index contributed by atoms with van der Waals surface area (Å²) in [5, 5.41) is 10.9. The van der Waals surface area contributed by atoms with E-state index in [4.69, 9.17) is 28.9 Å². The maximum atomic E-state index is 12.3. The van der Waals surface area contributed by atoms with Gasteiger partial charge >= 0.3 is 0 Å². The van der Waals surface area contributed by atoms with Crippen molar-refractivity contribution < 1.29 is 8.78 Å². The third-order valence-electron chi connectivity index (χ3n) is 2.16. The molecule has 1 aromatic carbocycles. The van der Waals surface area contributed by atoms with Crippen LogP contribution in [0.25, 0.3) is 11.4 Å². The molecule has 2 rings (SSSR count). The molecule has 0 bridgehead atoms. The smallest absolute Gasteiger partial charge is 0.258 e. The average molecular weight is 294 g/mol. The number of nitrogen functional groups attached to an aromatic ring is 1. The number of halogens is 4. The van der Waals surface area contributed by atoms with E-state index in [2.05, 4.69) is 15.5 Å². The Hall–Kier alpha value is -1.47. The predicted octanol–water partition coefficient (Wildman–Crippen LogP) is 2.49. The van der Waals surface area contributed by atoms with Crippen LogP contribution in [0.5, 0.6) is 0 Å². The van der Waals surface area contributed by atoms with Crippen LogP contribution in [0.4, 0.5) is 14.5 Å². The maximum absolute atomic E-state index is 12.3. The van der Waals surface area contributed by atoms with Crippen LogP contribution in [0.15, 0.2) is 12.1 Å². The van der Waals surface area contributed by atoms with Crippen LogP contribution in [-0.4, -0.2) is 26.6 Å². The number of benzene rings is 1. The molecule has 0 fully saturated rings. The summed E-state index contributed by atoms with van der Waals surface area (Å²) >= 11 is 11.7. The van der Waals surface area contributed by atoms with Crippen molar-refractivity contribution in [3.63, 3.8) is 0 Å². The highest BCUT2D eigenvalue weighted by atomic mass is 35.5. The van der Waals surface area contributed by atoms with E-state index < -0.39 is 13.0 Å². The fourth-order valence-corrected chi connectivity index (χ4v) is 1.74. The summed E-state index contributed by atoms with van der Waals surface area (Å²) in [5.74, 6) is 0.153. The first kappa shape index (κ1) is 13.0. The molecule has 1 aromatic heterocycles. The monoisotopic (exact) mass is 293 g/mol. The van der Waals surface area contributed by atoms with Gasteiger partial charge in [0.25, 0.3) is 6.43 Å². The Morgan fingerprint density at radius 1 is 1.33 bits per heavy atom. The zero-order valence-electron chi connectivity index (χ0n) is 8.82. The molecule has 0 aliphatic rings. The van der Waals surface area contributed by atoms with Gasteiger partial charge in [0.05, 0.1) is 15.7 Å². The number of anilines is 1. The van der Waals surface area contributed by atoms with Crippen molar-refractivity contribution in [1.82, 2.24) is 20.2 Å². The van der Waals surface area contributed by atoms with Crippen LogP contribution in [0.2, 0.25) is 10.0 Å². The van der Waals surface area contributed by atoms with Gasteiger partial charge in [0.2, 0.25) is 0 Å². The van der Waals surface area contributed by atoms with Gasteiger partial charge in [-0.1, -0.05) is 23.2 Å². The molecule has 5 nitrogen and oxygen atoms in total. The fourth-order valence-electron chi connectivity index (χ4n) is 1.40. The van der Waals surface area contributed by atoms with E-state index in [1.807, 2.05) is 0 Å². The predicted molar refractivity (Wildman–Crippen MR) is 63.7 cm³/mol. The van der Waals surface area contributed by atoms with Crippen LogP contribution >= 0.6 is 23.2 Å². The van der Waals surface area contributed by atoms with E-state index in [-0.39, 0.29) is 21.6 Å². The van der Waals surface area contributed by atoms with Gasteiger partial charge in [-0.15, -0.1) is 5.10 Å². The summed E-state index contributed by atoms with van der Waals surface area (Å²) in [6, 6.07) is 2.94. The minimum Gasteiger partial charge on any atom is -0.397 e. The van der Waals surface area contributed by atoms with Crippen molar-refractivity contribution in [2.24, 2.45) is 0 Å². The molecule has 96 valence electrons. The first-order valence-corrected chi connectivity index (χ1v) is 5.54. The lowest BCUT2D eigenvalue weighted by Gasteiger charge is -2.07. The lowest BCUT2D eigenvalue weighted by atomic mass is 10.2. The average Bonchev–Trinajstić information content (AvgIpc) is 2.72. The van der Waals surface area contributed by atoms with Gasteiger partial charge in [-0.25, -0.2) is 13.5 Å². The first-order valence-electron chi connectivity index (χ1n) is 4.78. The number of rotatable bonds is 3. The SMILES string of the molecule is Nc1cc(-c2nnnn2CC(F)F)cc(Cl)c1Cl.